The monoisotopic (exact) mass is 954 g/mol. The number of hydrogen-bond acceptors (Lipinski definition) is 15. The molecule has 5 rings (SSSR count). The number of anilines is 2. The maximum atomic E-state index is 13.8. The Balaban J connectivity index is 1.11. The molecule has 23 heteroatoms. The Labute approximate surface area is 387 Å². The number of aromatic amines is 1. The molecule has 1 atom stereocenters. The topological polar surface area (TPSA) is 266 Å². The lowest BCUT2D eigenvalue weighted by Crippen LogP contribution is -2.42. The molecule has 1 aliphatic heterocycles. The van der Waals surface area contributed by atoms with Crippen LogP contribution in [-0.4, -0.2) is 117 Å². The van der Waals surface area contributed by atoms with Crippen molar-refractivity contribution in [2.75, 3.05) is 37.1 Å². The van der Waals surface area contributed by atoms with Gasteiger partial charge in [0, 0.05) is 74.4 Å². The van der Waals surface area contributed by atoms with Crippen molar-refractivity contribution in [3.63, 3.8) is 0 Å². The van der Waals surface area contributed by atoms with Crippen LogP contribution in [0.1, 0.15) is 107 Å². The second-order valence-electron chi connectivity index (χ2n) is 16.5. The van der Waals surface area contributed by atoms with Gasteiger partial charge < -0.3 is 19.5 Å². The molecule has 366 valence electrons. The summed E-state index contributed by atoms with van der Waals surface area (Å²) in [6.45, 7) is 2.90. The van der Waals surface area contributed by atoms with Crippen molar-refractivity contribution in [3.05, 3.63) is 64.2 Å². The first-order chi connectivity index (χ1) is 32.3. The molecular formula is C45H53F3N8O12. The molecular weight excluding hydrogens is 902 g/mol. The molecule has 3 N–H and O–H groups in total. The first kappa shape index (κ1) is 52.2. The van der Waals surface area contributed by atoms with Crippen LogP contribution < -0.4 is 21.1 Å². The van der Waals surface area contributed by atoms with Gasteiger partial charge in [-0.2, -0.15) is 18.2 Å². The van der Waals surface area contributed by atoms with Crippen LogP contribution in [0.2, 0.25) is 0 Å². The number of Topliss-reactive ketones (excluding diaryl/α,β-unsaturated/α-hetero) is 2. The summed E-state index contributed by atoms with van der Waals surface area (Å²) in [4.78, 5) is 128. The molecule has 0 saturated heterocycles. The molecule has 5 amide bonds. The lowest BCUT2D eigenvalue weighted by Gasteiger charge is -2.37. The van der Waals surface area contributed by atoms with E-state index in [1.165, 1.54) is 12.2 Å². The van der Waals surface area contributed by atoms with Crippen molar-refractivity contribution in [3.8, 4) is 0 Å². The number of nitrogens with one attached hydrogen (secondary N) is 3. The van der Waals surface area contributed by atoms with Gasteiger partial charge in [0.25, 0.3) is 23.3 Å². The normalized spacial score (nSPS) is 15.1. The number of halogens is 3. The molecule has 0 spiro atoms. The molecule has 1 aliphatic carbocycles. The molecule has 1 fully saturated rings. The third kappa shape index (κ3) is 14.6. The lowest BCUT2D eigenvalue weighted by atomic mass is 9.94. The number of H-pyrrole nitrogens is 1. The van der Waals surface area contributed by atoms with Crippen LogP contribution in [0.15, 0.2) is 47.4 Å². The molecule has 68 heavy (non-hydrogen) atoms. The van der Waals surface area contributed by atoms with E-state index in [-0.39, 0.29) is 97.5 Å². The van der Waals surface area contributed by atoms with E-state index in [1.54, 1.807) is 13.8 Å². The van der Waals surface area contributed by atoms with Crippen LogP contribution in [0.3, 0.4) is 0 Å². The zero-order chi connectivity index (χ0) is 49.6. The summed E-state index contributed by atoms with van der Waals surface area (Å²) in [6, 6.07) is 3.12. The van der Waals surface area contributed by atoms with Gasteiger partial charge in [0.15, 0.2) is 17.0 Å². The molecule has 2 aromatic heterocycles. The first-order valence-corrected chi connectivity index (χ1v) is 22.1. The Hall–Kier alpha value is -6.75. The number of hydrogen-bond donors (Lipinski definition) is 3. The minimum atomic E-state index is -5.35. The molecule has 3 aromatic rings. The van der Waals surface area contributed by atoms with Gasteiger partial charge in [-0.1, -0.05) is 20.3 Å². The standard InChI is InChI=1S/C45H53F3N8O12/c1-27(2)38(61)53-43-52-37-36(40(63)54-43)50-29(25-49-37)26-56(42(65)45(46,47)48)30-13-11-28(12-14-30)39(62)51-33(41(64)66-3)16-15-31(57)9-7-23-67-44(20-5-4-6-21-44)68-24-8-10-32(58)19-22-55-34(59)17-18-35(55)60/h11-14,17-18,25,27,33H,4-10,15-16,19-24,26H2,1-3H3,(H,51,62)(H2,49,52,53,54,61,63)/t33-/m0/s1. The summed E-state index contributed by atoms with van der Waals surface area (Å²) in [5, 5.41) is 4.90. The fourth-order valence-corrected chi connectivity index (χ4v) is 7.29. The number of esters is 1. The highest BCUT2D eigenvalue weighted by molar-refractivity contribution is 6.13. The number of rotatable bonds is 24. The van der Waals surface area contributed by atoms with E-state index in [0.717, 1.165) is 61.7 Å². The van der Waals surface area contributed by atoms with Crippen LogP contribution in [0.5, 0.6) is 0 Å². The summed E-state index contributed by atoms with van der Waals surface area (Å²) in [7, 11) is 1.10. The Morgan fingerprint density at radius 3 is 2.07 bits per heavy atom. The van der Waals surface area contributed by atoms with Crippen LogP contribution in [0, 0.1) is 5.92 Å². The third-order valence-electron chi connectivity index (χ3n) is 11.0. The number of methoxy groups -OCH3 is 1. The number of carbonyl (C=O) groups is 8. The Morgan fingerprint density at radius 1 is 0.868 bits per heavy atom. The zero-order valence-electron chi connectivity index (χ0n) is 37.8. The van der Waals surface area contributed by atoms with E-state index >= 15 is 0 Å². The average molecular weight is 955 g/mol. The highest BCUT2D eigenvalue weighted by atomic mass is 19.4. The van der Waals surface area contributed by atoms with Crippen molar-refractivity contribution in [1.82, 2.24) is 30.2 Å². The summed E-state index contributed by atoms with van der Waals surface area (Å²) < 4.78 is 58.6. The largest absolute Gasteiger partial charge is 0.471 e. The van der Waals surface area contributed by atoms with Crippen molar-refractivity contribution >= 4 is 69.9 Å². The predicted molar refractivity (Wildman–Crippen MR) is 234 cm³/mol. The molecule has 1 aromatic carbocycles. The van der Waals surface area contributed by atoms with Gasteiger partial charge in [-0.05, 0) is 56.4 Å². The first-order valence-electron chi connectivity index (χ1n) is 22.1. The summed E-state index contributed by atoms with van der Waals surface area (Å²) in [5.41, 5.74) is -2.08. The molecule has 20 nitrogen and oxygen atoms in total. The number of amides is 5. The highest BCUT2D eigenvalue weighted by Gasteiger charge is 2.43. The maximum absolute atomic E-state index is 13.8. The van der Waals surface area contributed by atoms with Gasteiger partial charge in [-0.15, -0.1) is 0 Å². The van der Waals surface area contributed by atoms with Crippen molar-refractivity contribution < 1.29 is 65.7 Å². The van der Waals surface area contributed by atoms with Crippen LogP contribution in [0.4, 0.5) is 24.8 Å². The number of nitrogens with zero attached hydrogens (tertiary/aromatic N) is 5. The number of benzene rings is 1. The number of imide groups is 1. The number of alkyl halides is 3. The number of aromatic nitrogens is 4. The van der Waals surface area contributed by atoms with Gasteiger partial charge in [-0.3, -0.25) is 58.5 Å². The van der Waals surface area contributed by atoms with Crippen LogP contribution in [0.25, 0.3) is 11.2 Å². The number of carbonyl (C=O) groups excluding carboxylic acids is 8. The Bertz CT molecular complexity index is 2430. The van der Waals surface area contributed by atoms with Crippen LogP contribution in [-0.2, 0) is 54.3 Å². The number of fused-ring (bicyclic) bond motifs is 1. The summed E-state index contributed by atoms with van der Waals surface area (Å²) in [6.07, 6.45) is 2.91. The van der Waals surface area contributed by atoms with Gasteiger partial charge in [-0.25, -0.2) is 14.8 Å². The average Bonchev–Trinajstić information content (AvgIpc) is 3.64. The van der Waals surface area contributed by atoms with Crippen LogP contribution >= 0.6 is 0 Å². The van der Waals surface area contributed by atoms with E-state index in [0.29, 0.717) is 30.6 Å². The molecule has 2 aliphatic rings. The van der Waals surface area contributed by atoms with Gasteiger partial charge in [0.2, 0.25) is 11.9 Å². The Morgan fingerprint density at radius 2 is 1.49 bits per heavy atom. The second-order valence-corrected chi connectivity index (χ2v) is 16.5. The number of ether oxygens (including phenoxy) is 3. The third-order valence-corrected chi connectivity index (χ3v) is 11.0. The Kier molecular flexibility index (Phi) is 18.3. The van der Waals surface area contributed by atoms with E-state index in [4.69, 9.17) is 14.2 Å². The van der Waals surface area contributed by atoms with Crippen molar-refractivity contribution in [2.24, 2.45) is 5.92 Å². The van der Waals surface area contributed by atoms with Gasteiger partial charge in [0.1, 0.15) is 17.6 Å². The van der Waals surface area contributed by atoms with Crippen molar-refractivity contribution in [2.45, 2.75) is 115 Å². The fraction of sp³-hybridized carbons (Fsp3) is 0.511. The van der Waals surface area contributed by atoms with E-state index in [9.17, 15) is 56.3 Å². The second kappa shape index (κ2) is 23.8. The van der Waals surface area contributed by atoms with E-state index < -0.39 is 71.5 Å². The van der Waals surface area contributed by atoms with Gasteiger partial charge >= 0.3 is 18.1 Å². The minimum Gasteiger partial charge on any atom is -0.467 e. The zero-order valence-corrected chi connectivity index (χ0v) is 37.8. The van der Waals surface area contributed by atoms with E-state index in [2.05, 4.69) is 30.6 Å². The summed E-state index contributed by atoms with van der Waals surface area (Å²) >= 11 is 0. The van der Waals surface area contributed by atoms with Gasteiger partial charge in [0.05, 0.1) is 38.8 Å². The van der Waals surface area contributed by atoms with Crippen molar-refractivity contribution in [1.29, 1.82) is 0 Å². The fourth-order valence-electron chi connectivity index (χ4n) is 7.29. The molecule has 0 unspecified atom stereocenters. The number of ketones is 2. The molecule has 0 bridgehead atoms. The maximum Gasteiger partial charge on any atom is 0.471 e. The molecule has 1 saturated carbocycles. The minimum absolute atomic E-state index is 0.0247. The summed E-state index contributed by atoms with van der Waals surface area (Å²) in [5.74, 6) is -7.13. The molecule has 3 heterocycles. The highest BCUT2D eigenvalue weighted by Crippen LogP contribution is 2.33. The smallest absolute Gasteiger partial charge is 0.467 e. The van der Waals surface area contributed by atoms with E-state index in [1.807, 2.05) is 0 Å². The lowest BCUT2D eigenvalue weighted by molar-refractivity contribution is -0.253. The predicted octanol–water partition coefficient (Wildman–Crippen LogP) is 4.16. The quantitative estimate of drug-likeness (QED) is 0.0493. The molecule has 0 radical (unpaired) electrons. The SMILES string of the molecule is COC(=O)[C@H](CCC(=O)CCCOC1(OCCCC(=O)CCN2C(=O)C=CC2=O)CCCCC1)NC(=O)c1ccc(N(Cc2cnc3nc(NC(=O)C(C)C)[nH]c(=O)c3n2)C(=O)C(F)(F)F)cc1.